The first-order valence-corrected chi connectivity index (χ1v) is 8.78. The van der Waals surface area contributed by atoms with Gasteiger partial charge in [-0.2, -0.15) is 15.0 Å². The summed E-state index contributed by atoms with van der Waals surface area (Å²) < 4.78 is 10.6. The zero-order chi connectivity index (χ0) is 19.9. The first-order valence-electron chi connectivity index (χ1n) is 8.78. The standard InChI is InChI=1S/C20H21N5O3/c1-3-27-15-10-8-14(9-11-15)18(26)28-12-17-23-19(21)25-20(24-17)22-16-7-5-4-6-13(16)2/h4-11H,3,12H2,1-2H3,(H3,21,22,23,24,25). The van der Waals surface area contributed by atoms with Gasteiger partial charge in [-0.1, -0.05) is 18.2 Å². The highest BCUT2D eigenvalue weighted by Gasteiger charge is 2.11. The third-order valence-corrected chi connectivity index (χ3v) is 3.82. The lowest BCUT2D eigenvalue weighted by Gasteiger charge is -2.10. The zero-order valence-electron chi connectivity index (χ0n) is 15.7. The van der Waals surface area contributed by atoms with E-state index in [-0.39, 0.29) is 24.3 Å². The number of nitrogen functional groups attached to an aromatic ring is 1. The SMILES string of the molecule is CCOc1ccc(C(=O)OCc2nc(N)nc(Nc3ccccc3C)n2)cc1. The van der Waals surface area contributed by atoms with E-state index in [9.17, 15) is 4.79 Å². The molecule has 0 unspecified atom stereocenters. The van der Waals surface area contributed by atoms with Crippen molar-refractivity contribution >= 4 is 23.6 Å². The summed E-state index contributed by atoms with van der Waals surface area (Å²) >= 11 is 0. The monoisotopic (exact) mass is 379 g/mol. The molecule has 0 amide bonds. The van der Waals surface area contributed by atoms with Gasteiger partial charge < -0.3 is 20.5 Å². The van der Waals surface area contributed by atoms with Gasteiger partial charge in [-0.05, 0) is 49.7 Å². The third kappa shape index (κ3) is 4.94. The number of esters is 1. The Bertz CT molecular complexity index is 960. The van der Waals surface area contributed by atoms with E-state index in [2.05, 4.69) is 20.3 Å². The average Bonchev–Trinajstić information content (AvgIpc) is 2.68. The lowest BCUT2D eigenvalue weighted by molar-refractivity contribution is 0.0462. The number of hydrogen-bond acceptors (Lipinski definition) is 8. The summed E-state index contributed by atoms with van der Waals surface area (Å²) in [5, 5.41) is 3.09. The number of para-hydroxylation sites is 1. The Morgan fingerprint density at radius 1 is 1.07 bits per heavy atom. The van der Waals surface area contributed by atoms with Crippen molar-refractivity contribution < 1.29 is 14.3 Å². The highest BCUT2D eigenvalue weighted by Crippen LogP contribution is 2.18. The fourth-order valence-corrected chi connectivity index (χ4v) is 2.46. The lowest BCUT2D eigenvalue weighted by atomic mass is 10.2. The van der Waals surface area contributed by atoms with Gasteiger partial charge in [0.05, 0.1) is 12.2 Å². The number of nitrogens with one attached hydrogen (secondary N) is 1. The van der Waals surface area contributed by atoms with Crippen molar-refractivity contribution in [3.63, 3.8) is 0 Å². The molecule has 3 N–H and O–H groups in total. The van der Waals surface area contributed by atoms with Crippen LogP contribution >= 0.6 is 0 Å². The molecule has 0 saturated carbocycles. The Balaban J connectivity index is 1.66. The van der Waals surface area contributed by atoms with E-state index in [1.165, 1.54) is 0 Å². The van der Waals surface area contributed by atoms with E-state index in [0.29, 0.717) is 17.9 Å². The molecule has 0 fully saturated rings. The Hall–Kier alpha value is -3.68. The van der Waals surface area contributed by atoms with Crippen LogP contribution in [0.25, 0.3) is 0 Å². The molecule has 3 rings (SSSR count). The first-order chi connectivity index (χ1) is 13.5. The molecule has 144 valence electrons. The van der Waals surface area contributed by atoms with Gasteiger partial charge in [0.25, 0.3) is 0 Å². The Labute approximate surface area is 162 Å². The number of carbonyl (C=O) groups excluding carboxylic acids is 1. The molecule has 0 radical (unpaired) electrons. The molecule has 8 heteroatoms. The molecule has 0 spiro atoms. The van der Waals surface area contributed by atoms with Crippen LogP contribution in [0, 0.1) is 6.92 Å². The number of nitrogens with two attached hydrogens (primary N) is 1. The lowest BCUT2D eigenvalue weighted by Crippen LogP contribution is -2.11. The van der Waals surface area contributed by atoms with Gasteiger partial charge in [0.1, 0.15) is 5.75 Å². The highest BCUT2D eigenvalue weighted by atomic mass is 16.5. The van der Waals surface area contributed by atoms with Crippen molar-refractivity contribution in [2.45, 2.75) is 20.5 Å². The number of aromatic nitrogens is 3. The predicted molar refractivity (Wildman–Crippen MR) is 105 cm³/mol. The van der Waals surface area contributed by atoms with Crippen molar-refractivity contribution in [3.8, 4) is 5.75 Å². The molecule has 28 heavy (non-hydrogen) atoms. The van der Waals surface area contributed by atoms with Gasteiger partial charge >= 0.3 is 5.97 Å². The molecule has 8 nitrogen and oxygen atoms in total. The molecular formula is C20H21N5O3. The van der Waals surface area contributed by atoms with Crippen LogP contribution in [-0.4, -0.2) is 27.5 Å². The Morgan fingerprint density at radius 2 is 1.82 bits per heavy atom. The smallest absolute Gasteiger partial charge is 0.338 e. The highest BCUT2D eigenvalue weighted by molar-refractivity contribution is 5.89. The van der Waals surface area contributed by atoms with Crippen LogP contribution in [0.5, 0.6) is 5.75 Å². The van der Waals surface area contributed by atoms with Crippen LogP contribution in [-0.2, 0) is 11.3 Å². The predicted octanol–water partition coefficient (Wildman–Crippen LogP) is 3.26. The number of rotatable bonds is 7. The minimum atomic E-state index is -0.490. The van der Waals surface area contributed by atoms with Gasteiger partial charge in [0.15, 0.2) is 12.4 Å². The summed E-state index contributed by atoms with van der Waals surface area (Å²) in [4.78, 5) is 24.6. The normalized spacial score (nSPS) is 10.4. The molecule has 1 heterocycles. The van der Waals surface area contributed by atoms with Gasteiger partial charge in [-0.15, -0.1) is 0 Å². The zero-order valence-corrected chi connectivity index (χ0v) is 15.7. The first kappa shape index (κ1) is 19.1. The van der Waals surface area contributed by atoms with E-state index < -0.39 is 5.97 Å². The molecule has 0 bridgehead atoms. The molecule has 0 aliphatic heterocycles. The summed E-state index contributed by atoms with van der Waals surface area (Å²) in [7, 11) is 0. The number of benzene rings is 2. The maximum atomic E-state index is 12.2. The quantitative estimate of drug-likeness (QED) is 0.602. The second kappa shape index (κ2) is 8.81. The molecule has 0 saturated heterocycles. The summed E-state index contributed by atoms with van der Waals surface area (Å²) in [6.45, 7) is 4.29. The largest absolute Gasteiger partial charge is 0.494 e. The Kier molecular flexibility index (Phi) is 6.01. The summed E-state index contributed by atoms with van der Waals surface area (Å²) in [5.74, 6) is 0.779. The van der Waals surface area contributed by atoms with Gasteiger partial charge in [0.2, 0.25) is 11.9 Å². The summed E-state index contributed by atoms with van der Waals surface area (Å²) in [6.07, 6.45) is 0. The number of ether oxygens (including phenoxy) is 2. The van der Waals surface area contributed by atoms with E-state index in [0.717, 1.165) is 11.3 Å². The molecule has 0 aliphatic rings. The Morgan fingerprint density at radius 3 is 2.54 bits per heavy atom. The van der Waals surface area contributed by atoms with Crippen LogP contribution < -0.4 is 15.8 Å². The number of nitrogens with zero attached hydrogens (tertiary/aromatic N) is 3. The topological polar surface area (TPSA) is 112 Å². The van der Waals surface area contributed by atoms with Gasteiger partial charge in [-0.3, -0.25) is 0 Å². The minimum Gasteiger partial charge on any atom is -0.494 e. The van der Waals surface area contributed by atoms with Crippen LogP contribution in [0.4, 0.5) is 17.6 Å². The number of carbonyl (C=O) groups is 1. The maximum Gasteiger partial charge on any atom is 0.338 e. The number of aryl methyl sites for hydroxylation is 1. The van der Waals surface area contributed by atoms with Crippen LogP contribution in [0.15, 0.2) is 48.5 Å². The van der Waals surface area contributed by atoms with E-state index >= 15 is 0 Å². The molecule has 2 aromatic carbocycles. The van der Waals surface area contributed by atoms with E-state index in [1.807, 2.05) is 38.1 Å². The summed E-state index contributed by atoms with van der Waals surface area (Å²) in [5.41, 5.74) is 8.05. The third-order valence-electron chi connectivity index (χ3n) is 3.82. The van der Waals surface area contributed by atoms with E-state index in [4.69, 9.17) is 15.2 Å². The van der Waals surface area contributed by atoms with Gasteiger partial charge in [0, 0.05) is 5.69 Å². The van der Waals surface area contributed by atoms with Gasteiger partial charge in [-0.25, -0.2) is 4.79 Å². The second-order valence-electron chi connectivity index (χ2n) is 5.91. The van der Waals surface area contributed by atoms with Crippen molar-refractivity contribution in [3.05, 3.63) is 65.5 Å². The second-order valence-corrected chi connectivity index (χ2v) is 5.91. The molecule has 0 atom stereocenters. The van der Waals surface area contributed by atoms with E-state index in [1.54, 1.807) is 24.3 Å². The van der Waals surface area contributed by atoms with Crippen molar-refractivity contribution in [2.75, 3.05) is 17.7 Å². The van der Waals surface area contributed by atoms with Crippen molar-refractivity contribution in [1.82, 2.24) is 15.0 Å². The molecular weight excluding hydrogens is 358 g/mol. The molecule has 1 aromatic heterocycles. The fraction of sp³-hybridized carbons (Fsp3) is 0.200. The van der Waals surface area contributed by atoms with Crippen LogP contribution in [0.3, 0.4) is 0 Å². The number of hydrogen-bond donors (Lipinski definition) is 2. The van der Waals surface area contributed by atoms with Crippen molar-refractivity contribution in [1.29, 1.82) is 0 Å². The van der Waals surface area contributed by atoms with Crippen LogP contribution in [0.1, 0.15) is 28.7 Å². The minimum absolute atomic E-state index is 0.0400. The maximum absolute atomic E-state index is 12.2. The summed E-state index contributed by atoms with van der Waals surface area (Å²) in [6, 6.07) is 14.4. The fourth-order valence-electron chi connectivity index (χ4n) is 2.46. The van der Waals surface area contributed by atoms with Crippen LogP contribution in [0.2, 0.25) is 0 Å². The molecule has 0 aliphatic carbocycles. The number of anilines is 3. The average molecular weight is 379 g/mol. The molecule has 3 aromatic rings. The van der Waals surface area contributed by atoms with Crippen molar-refractivity contribution in [2.24, 2.45) is 0 Å².